The van der Waals surface area contributed by atoms with Crippen LogP contribution in [0.25, 0.3) is 5.65 Å². The Hall–Kier alpha value is -3.19. The molecular formula is C28H28Cl2N4O2. The zero-order valence-electron chi connectivity index (χ0n) is 20.0. The Morgan fingerprint density at radius 1 is 1.03 bits per heavy atom. The van der Waals surface area contributed by atoms with E-state index >= 15 is 0 Å². The standard InChI is InChI=1S/C28H28Cl2N4O2/c1-2-23(33(17-9-15-31)28(36)25-21(29)12-8-13-22(25)30)26-20(18-19-10-4-3-5-11-19)27(35)34-16-7-6-14-24(34)32-26/h3-8,10-14,16,23H,2,9,15,17-18,31H2,1H3. The lowest BCUT2D eigenvalue weighted by Crippen LogP contribution is -2.39. The van der Waals surface area contributed by atoms with Gasteiger partial charge in [-0.25, -0.2) is 4.98 Å². The van der Waals surface area contributed by atoms with E-state index in [0.717, 1.165) is 5.56 Å². The van der Waals surface area contributed by atoms with Gasteiger partial charge in [0, 0.05) is 24.7 Å². The maximum absolute atomic E-state index is 13.9. The topological polar surface area (TPSA) is 80.7 Å². The maximum atomic E-state index is 13.9. The molecule has 0 spiro atoms. The largest absolute Gasteiger partial charge is 0.330 e. The van der Waals surface area contributed by atoms with Crippen LogP contribution in [0.5, 0.6) is 0 Å². The summed E-state index contributed by atoms with van der Waals surface area (Å²) in [5.41, 5.74) is 8.54. The second-order valence-corrected chi connectivity index (χ2v) is 9.35. The first-order valence-electron chi connectivity index (χ1n) is 11.9. The minimum absolute atomic E-state index is 0.153. The number of hydrogen-bond donors (Lipinski definition) is 1. The van der Waals surface area contributed by atoms with E-state index in [4.69, 9.17) is 33.9 Å². The van der Waals surface area contributed by atoms with Gasteiger partial charge in [-0.15, -0.1) is 0 Å². The number of fused-ring (bicyclic) bond motifs is 1. The molecule has 0 aliphatic carbocycles. The highest BCUT2D eigenvalue weighted by molar-refractivity contribution is 6.39. The molecule has 0 fully saturated rings. The number of nitrogens with zero attached hydrogens (tertiary/aromatic N) is 3. The molecular weight excluding hydrogens is 495 g/mol. The number of halogens is 2. The van der Waals surface area contributed by atoms with Gasteiger partial charge in [0.25, 0.3) is 11.5 Å². The molecule has 1 unspecified atom stereocenters. The quantitative estimate of drug-likeness (QED) is 0.313. The van der Waals surface area contributed by atoms with Crippen molar-refractivity contribution in [3.63, 3.8) is 0 Å². The number of pyridine rings is 1. The molecule has 0 aliphatic heterocycles. The van der Waals surface area contributed by atoms with E-state index in [1.165, 1.54) is 0 Å². The fourth-order valence-corrected chi connectivity index (χ4v) is 5.01. The molecule has 186 valence electrons. The number of hydrogen-bond acceptors (Lipinski definition) is 4. The zero-order valence-corrected chi connectivity index (χ0v) is 21.5. The van der Waals surface area contributed by atoms with Crippen LogP contribution in [0.1, 0.15) is 53.0 Å². The Bertz CT molecular complexity index is 1400. The van der Waals surface area contributed by atoms with Gasteiger partial charge in [-0.2, -0.15) is 0 Å². The number of carbonyl (C=O) groups is 1. The van der Waals surface area contributed by atoms with Crippen LogP contribution in [0, 0.1) is 0 Å². The van der Waals surface area contributed by atoms with Crippen molar-refractivity contribution in [2.24, 2.45) is 5.73 Å². The molecule has 4 aromatic rings. The van der Waals surface area contributed by atoms with Gasteiger partial charge in [0.1, 0.15) is 5.65 Å². The van der Waals surface area contributed by atoms with Crippen LogP contribution in [-0.2, 0) is 6.42 Å². The predicted molar refractivity (Wildman–Crippen MR) is 145 cm³/mol. The number of amides is 1. The van der Waals surface area contributed by atoms with Gasteiger partial charge in [0.15, 0.2) is 0 Å². The Morgan fingerprint density at radius 2 is 1.72 bits per heavy atom. The molecule has 4 rings (SSSR count). The first-order valence-corrected chi connectivity index (χ1v) is 12.7. The van der Waals surface area contributed by atoms with Crippen molar-refractivity contribution in [1.82, 2.24) is 14.3 Å². The molecule has 8 heteroatoms. The maximum Gasteiger partial charge on any atom is 0.261 e. The summed E-state index contributed by atoms with van der Waals surface area (Å²) in [4.78, 5) is 34.2. The predicted octanol–water partition coefficient (Wildman–Crippen LogP) is 5.53. The third-order valence-electron chi connectivity index (χ3n) is 6.20. The number of benzene rings is 2. The van der Waals surface area contributed by atoms with Gasteiger partial charge in [-0.1, -0.05) is 72.6 Å². The average Bonchev–Trinajstić information content (AvgIpc) is 2.89. The van der Waals surface area contributed by atoms with Crippen molar-refractivity contribution in [1.29, 1.82) is 0 Å². The van der Waals surface area contributed by atoms with Gasteiger partial charge < -0.3 is 10.6 Å². The number of rotatable bonds is 9. The molecule has 0 saturated carbocycles. The summed E-state index contributed by atoms with van der Waals surface area (Å²) in [5.74, 6) is -0.313. The highest BCUT2D eigenvalue weighted by Gasteiger charge is 2.31. The van der Waals surface area contributed by atoms with Gasteiger partial charge in [0.05, 0.1) is 27.3 Å². The second-order valence-electron chi connectivity index (χ2n) is 8.53. The minimum Gasteiger partial charge on any atom is -0.330 e. The molecule has 2 N–H and O–H groups in total. The molecule has 6 nitrogen and oxygen atoms in total. The average molecular weight is 523 g/mol. The minimum atomic E-state index is -0.479. The van der Waals surface area contributed by atoms with E-state index in [0.29, 0.717) is 49.3 Å². The summed E-state index contributed by atoms with van der Waals surface area (Å²) < 4.78 is 1.55. The molecule has 36 heavy (non-hydrogen) atoms. The first kappa shape index (κ1) is 25.9. The highest BCUT2D eigenvalue weighted by Crippen LogP contribution is 2.32. The summed E-state index contributed by atoms with van der Waals surface area (Å²) in [6.45, 7) is 2.75. The van der Waals surface area contributed by atoms with Crippen molar-refractivity contribution in [3.05, 3.63) is 116 Å². The lowest BCUT2D eigenvalue weighted by molar-refractivity contribution is 0.0664. The number of aromatic nitrogens is 2. The van der Waals surface area contributed by atoms with Crippen molar-refractivity contribution >= 4 is 34.8 Å². The lowest BCUT2D eigenvalue weighted by atomic mass is 9.97. The van der Waals surface area contributed by atoms with Gasteiger partial charge in [0.2, 0.25) is 0 Å². The van der Waals surface area contributed by atoms with Gasteiger partial charge in [-0.05, 0) is 49.2 Å². The second kappa shape index (κ2) is 11.7. The molecule has 1 amide bonds. The summed E-state index contributed by atoms with van der Waals surface area (Å²) in [6, 6.07) is 19.7. The first-order chi connectivity index (χ1) is 17.5. The smallest absolute Gasteiger partial charge is 0.261 e. The molecule has 2 aromatic carbocycles. The summed E-state index contributed by atoms with van der Waals surface area (Å²) in [7, 11) is 0. The van der Waals surface area contributed by atoms with E-state index in [-0.39, 0.29) is 27.1 Å². The fraction of sp³-hybridized carbons (Fsp3) is 0.250. The molecule has 0 bridgehead atoms. The van der Waals surface area contributed by atoms with E-state index in [1.807, 2.05) is 43.3 Å². The van der Waals surface area contributed by atoms with Crippen molar-refractivity contribution in [2.45, 2.75) is 32.2 Å². The fourth-order valence-electron chi connectivity index (χ4n) is 4.45. The Balaban J connectivity index is 1.90. The van der Waals surface area contributed by atoms with E-state index < -0.39 is 6.04 Å². The third-order valence-corrected chi connectivity index (χ3v) is 6.83. The molecule has 2 aromatic heterocycles. The van der Waals surface area contributed by atoms with Crippen LogP contribution < -0.4 is 11.3 Å². The number of carbonyl (C=O) groups excluding carboxylic acids is 1. The van der Waals surface area contributed by atoms with Crippen LogP contribution >= 0.6 is 23.2 Å². The Labute approximate surface area is 220 Å². The summed E-state index contributed by atoms with van der Waals surface area (Å²) in [5, 5.41) is 0.548. The van der Waals surface area contributed by atoms with Crippen LogP contribution in [0.2, 0.25) is 10.0 Å². The van der Waals surface area contributed by atoms with Crippen LogP contribution in [0.4, 0.5) is 0 Å². The third kappa shape index (κ3) is 5.31. The van der Waals surface area contributed by atoms with Gasteiger partial charge in [-0.3, -0.25) is 14.0 Å². The highest BCUT2D eigenvalue weighted by atomic mass is 35.5. The molecule has 0 saturated heterocycles. The van der Waals surface area contributed by atoms with Crippen LogP contribution in [0.3, 0.4) is 0 Å². The zero-order chi connectivity index (χ0) is 25.7. The summed E-state index contributed by atoms with van der Waals surface area (Å²) >= 11 is 12.8. The summed E-state index contributed by atoms with van der Waals surface area (Å²) in [6.07, 6.45) is 3.22. The van der Waals surface area contributed by atoms with Crippen LogP contribution in [-0.4, -0.2) is 33.3 Å². The molecule has 2 heterocycles. The Kier molecular flexibility index (Phi) is 8.41. The molecule has 0 radical (unpaired) electrons. The van der Waals surface area contributed by atoms with E-state index in [9.17, 15) is 9.59 Å². The number of nitrogens with two attached hydrogens (primary N) is 1. The SMILES string of the molecule is CCC(c1nc2ccccn2c(=O)c1Cc1ccccc1)N(CCCN)C(=O)c1c(Cl)cccc1Cl. The van der Waals surface area contributed by atoms with Gasteiger partial charge >= 0.3 is 0 Å². The molecule has 1 atom stereocenters. The van der Waals surface area contributed by atoms with E-state index in [2.05, 4.69) is 0 Å². The van der Waals surface area contributed by atoms with Crippen molar-refractivity contribution < 1.29 is 4.79 Å². The monoisotopic (exact) mass is 522 g/mol. The van der Waals surface area contributed by atoms with E-state index in [1.54, 1.807) is 45.8 Å². The lowest BCUT2D eigenvalue weighted by Gasteiger charge is -2.32. The molecule has 0 aliphatic rings. The van der Waals surface area contributed by atoms with Crippen LogP contribution in [0.15, 0.2) is 77.7 Å². The van der Waals surface area contributed by atoms with Crippen molar-refractivity contribution in [3.8, 4) is 0 Å². The normalized spacial score (nSPS) is 12.0. The van der Waals surface area contributed by atoms with Crippen molar-refractivity contribution in [2.75, 3.05) is 13.1 Å². The Morgan fingerprint density at radius 3 is 2.39 bits per heavy atom.